The molecule has 0 aliphatic rings. The Bertz CT molecular complexity index is 237. The number of hydrogen-bond acceptors (Lipinski definition) is 2. The molecular weight excluding hydrogens is 126 g/mol. The van der Waals surface area contributed by atoms with Crippen molar-refractivity contribution < 1.29 is 0 Å². The smallest absolute Gasteiger partial charge is 0.108 e. The van der Waals surface area contributed by atoms with Crippen LogP contribution < -0.4 is 5.32 Å². The summed E-state index contributed by atoms with van der Waals surface area (Å²) < 4.78 is 1.75. The summed E-state index contributed by atoms with van der Waals surface area (Å²) in [7, 11) is 3.75. The van der Waals surface area contributed by atoms with Crippen LogP contribution in [0.4, 0.5) is 5.69 Å². The molecule has 0 amide bonds. The molecule has 0 radical (unpaired) electrons. The van der Waals surface area contributed by atoms with Crippen LogP contribution in [-0.4, -0.2) is 16.8 Å². The molecule has 0 bridgehead atoms. The van der Waals surface area contributed by atoms with Gasteiger partial charge in [-0.1, -0.05) is 6.58 Å². The summed E-state index contributed by atoms with van der Waals surface area (Å²) in [6.45, 7) is 3.64. The fourth-order valence-electron chi connectivity index (χ4n) is 0.849. The lowest BCUT2D eigenvalue weighted by Crippen LogP contribution is -1.86. The topological polar surface area (TPSA) is 29.9 Å². The first kappa shape index (κ1) is 6.86. The molecule has 0 aliphatic carbocycles. The van der Waals surface area contributed by atoms with Crippen LogP contribution in [0.25, 0.3) is 6.08 Å². The summed E-state index contributed by atoms with van der Waals surface area (Å²) in [6.07, 6.45) is 3.64. The average Bonchev–Trinajstić information content (AvgIpc) is 2.30. The zero-order chi connectivity index (χ0) is 7.56. The van der Waals surface area contributed by atoms with E-state index >= 15 is 0 Å². The zero-order valence-corrected chi connectivity index (χ0v) is 6.26. The molecule has 54 valence electrons. The molecule has 0 atom stereocenters. The number of rotatable bonds is 2. The minimum absolute atomic E-state index is 0.894. The number of nitrogens with zero attached hydrogens (tertiary/aromatic N) is 2. The van der Waals surface area contributed by atoms with E-state index in [4.69, 9.17) is 0 Å². The van der Waals surface area contributed by atoms with E-state index in [1.807, 2.05) is 20.3 Å². The van der Waals surface area contributed by atoms with Gasteiger partial charge in [0.2, 0.25) is 0 Å². The van der Waals surface area contributed by atoms with Crippen LogP contribution in [0.3, 0.4) is 0 Å². The van der Waals surface area contributed by atoms with Gasteiger partial charge >= 0.3 is 0 Å². The highest BCUT2D eigenvalue weighted by atomic mass is 15.3. The average molecular weight is 137 g/mol. The summed E-state index contributed by atoms with van der Waals surface area (Å²) in [6, 6.07) is 0. The molecule has 3 nitrogen and oxygen atoms in total. The molecule has 3 heteroatoms. The second-order valence-corrected chi connectivity index (χ2v) is 2.06. The third-order valence-corrected chi connectivity index (χ3v) is 1.32. The van der Waals surface area contributed by atoms with E-state index in [9.17, 15) is 0 Å². The van der Waals surface area contributed by atoms with Gasteiger partial charge in [-0.2, -0.15) is 5.10 Å². The third kappa shape index (κ3) is 1.03. The normalized spacial score (nSPS) is 9.40. The maximum atomic E-state index is 4.14. The van der Waals surface area contributed by atoms with Crippen molar-refractivity contribution in [2.45, 2.75) is 0 Å². The molecule has 0 fully saturated rings. The Morgan fingerprint density at radius 2 is 2.50 bits per heavy atom. The molecule has 1 rings (SSSR count). The van der Waals surface area contributed by atoms with Crippen LogP contribution in [0.2, 0.25) is 0 Å². The van der Waals surface area contributed by atoms with Crippen molar-refractivity contribution >= 4 is 11.8 Å². The summed E-state index contributed by atoms with van der Waals surface area (Å²) >= 11 is 0. The molecule has 1 heterocycles. The monoisotopic (exact) mass is 137 g/mol. The van der Waals surface area contributed by atoms with Gasteiger partial charge in [0, 0.05) is 20.3 Å². The second-order valence-electron chi connectivity index (χ2n) is 2.06. The van der Waals surface area contributed by atoms with E-state index < -0.39 is 0 Å². The van der Waals surface area contributed by atoms with Gasteiger partial charge in [0.1, 0.15) is 5.69 Å². The molecule has 0 saturated heterocycles. The molecule has 1 aromatic heterocycles. The van der Waals surface area contributed by atoms with Gasteiger partial charge in [-0.25, -0.2) is 0 Å². The predicted molar refractivity (Wildman–Crippen MR) is 42.8 cm³/mol. The van der Waals surface area contributed by atoms with Gasteiger partial charge in [-0.15, -0.1) is 0 Å². The van der Waals surface area contributed by atoms with Crippen molar-refractivity contribution in [1.29, 1.82) is 0 Å². The minimum atomic E-state index is 0.894. The Labute approximate surface area is 60.4 Å². The molecule has 1 N–H and O–H groups in total. The third-order valence-electron chi connectivity index (χ3n) is 1.32. The summed E-state index contributed by atoms with van der Waals surface area (Å²) in [5.41, 5.74) is 1.91. The van der Waals surface area contributed by atoms with Gasteiger partial charge in [0.05, 0.1) is 5.69 Å². The van der Waals surface area contributed by atoms with Crippen LogP contribution >= 0.6 is 0 Å². The van der Waals surface area contributed by atoms with Crippen LogP contribution in [0, 0.1) is 0 Å². The Morgan fingerprint density at radius 3 is 2.90 bits per heavy atom. The van der Waals surface area contributed by atoms with E-state index in [0.29, 0.717) is 0 Å². The number of hydrogen-bond donors (Lipinski definition) is 1. The minimum Gasteiger partial charge on any atom is -0.385 e. The lowest BCUT2D eigenvalue weighted by atomic mass is 10.4. The van der Waals surface area contributed by atoms with Crippen LogP contribution in [0.1, 0.15) is 5.69 Å². The molecule has 0 aliphatic heterocycles. The van der Waals surface area contributed by atoms with E-state index in [2.05, 4.69) is 17.0 Å². The first-order chi connectivity index (χ1) is 4.77. The highest BCUT2D eigenvalue weighted by molar-refractivity contribution is 5.60. The molecule has 1 aromatic rings. The van der Waals surface area contributed by atoms with Crippen molar-refractivity contribution in [2.24, 2.45) is 7.05 Å². The van der Waals surface area contributed by atoms with Crippen molar-refractivity contribution in [3.05, 3.63) is 18.5 Å². The molecular formula is C7H11N3. The van der Waals surface area contributed by atoms with Gasteiger partial charge in [0.25, 0.3) is 0 Å². The molecule has 0 aromatic carbocycles. The van der Waals surface area contributed by atoms with E-state index in [-0.39, 0.29) is 0 Å². The Morgan fingerprint density at radius 1 is 1.80 bits per heavy atom. The quantitative estimate of drug-likeness (QED) is 0.661. The highest BCUT2D eigenvalue weighted by Crippen LogP contribution is 2.12. The largest absolute Gasteiger partial charge is 0.385 e. The SMILES string of the molecule is C=Cc1nn(C)cc1NC. The second kappa shape index (κ2) is 2.56. The first-order valence-electron chi connectivity index (χ1n) is 3.11. The Balaban J connectivity index is 3.08. The standard InChI is InChI=1S/C7H11N3/c1-4-6-7(8-2)5-10(3)9-6/h4-5,8H,1H2,2-3H3. The Kier molecular flexibility index (Phi) is 1.76. The van der Waals surface area contributed by atoms with E-state index in [1.165, 1.54) is 0 Å². The fourth-order valence-corrected chi connectivity index (χ4v) is 0.849. The van der Waals surface area contributed by atoms with Crippen molar-refractivity contribution in [3.63, 3.8) is 0 Å². The molecule has 10 heavy (non-hydrogen) atoms. The maximum absolute atomic E-state index is 4.14. The van der Waals surface area contributed by atoms with Crippen LogP contribution in [0.5, 0.6) is 0 Å². The fraction of sp³-hybridized carbons (Fsp3) is 0.286. The van der Waals surface area contributed by atoms with Crippen molar-refractivity contribution in [1.82, 2.24) is 9.78 Å². The number of anilines is 1. The summed E-state index contributed by atoms with van der Waals surface area (Å²) in [4.78, 5) is 0. The highest BCUT2D eigenvalue weighted by Gasteiger charge is 1.99. The number of aromatic nitrogens is 2. The predicted octanol–water partition coefficient (Wildman–Crippen LogP) is 1.10. The van der Waals surface area contributed by atoms with Gasteiger partial charge in [0.15, 0.2) is 0 Å². The summed E-state index contributed by atoms with van der Waals surface area (Å²) in [5, 5.41) is 7.15. The lowest BCUT2D eigenvalue weighted by Gasteiger charge is -1.91. The van der Waals surface area contributed by atoms with Crippen molar-refractivity contribution in [3.8, 4) is 0 Å². The van der Waals surface area contributed by atoms with Gasteiger partial charge in [-0.05, 0) is 6.08 Å². The molecule has 0 unspecified atom stereocenters. The number of aryl methyl sites for hydroxylation is 1. The first-order valence-corrected chi connectivity index (χ1v) is 3.11. The van der Waals surface area contributed by atoms with E-state index in [0.717, 1.165) is 11.4 Å². The zero-order valence-electron chi connectivity index (χ0n) is 6.26. The maximum Gasteiger partial charge on any atom is 0.108 e. The molecule has 0 saturated carbocycles. The summed E-state index contributed by atoms with van der Waals surface area (Å²) in [5.74, 6) is 0. The van der Waals surface area contributed by atoms with Gasteiger partial charge in [-0.3, -0.25) is 4.68 Å². The van der Waals surface area contributed by atoms with E-state index in [1.54, 1.807) is 10.8 Å². The molecule has 0 spiro atoms. The van der Waals surface area contributed by atoms with Gasteiger partial charge < -0.3 is 5.32 Å². The number of nitrogens with one attached hydrogen (secondary N) is 1. The Hall–Kier alpha value is -1.25. The lowest BCUT2D eigenvalue weighted by molar-refractivity contribution is 0.765. The van der Waals surface area contributed by atoms with Crippen molar-refractivity contribution in [2.75, 3.05) is 12.4 Å². The van der Waals surface area contributed by atoms with Crippen LogP contribution in [0.15, 0.2) is 12.8 Å². The van der Waals surface area contributed by atoms with Crippen LogP contribution in [-0.2, 0) is 7.05 Å².